The van der Waals surface area contributed by atoms with Crippen LogP contribution in [0, 0.1) is 0 Å². The SMILES string of the molecule is O=C(c1ccccc1)N1c2ccccc2NC(c2c[nH]c3ccccc23)C1c1c[nH]c2ccccc12. The van der Waals surface area contributed by atoms with Gasteiger partial charge in [0.2, 0.25) is 0 Å². The van der Waals surface area contributed by atoms with Crippen LogP contribution in [0.5, 0.6) is 0 Å². The number of aromatic amines is 2. The molecule has 0 radical (unpaired) electrons. The van der Waals surface area contributed by atoms with Crippen LogP contribution in [0.25, 0.3) is 21.8 Å². The van der Waals surface area contributed by atoms with Gasteiger partial charge in [0.1, 0.15) is 0 Å². The number of nitrogens with one attached hydrogen (secondary N) is 3. The summed E-state index contributed by atoms with van der Waals surface area (Å²) in [5.74, 6) is -0.0235. The molecule has 0 saturated heterocycles. The monoisotopic (exact) mass is 468 g/mol. The third-order valence-electron chi connectivity index (χ3n) is 7.20. The van der Waals surface area contributed by atoms with Gasteiger partial charge >= 0.3 is 0 Å². The number of carbonyl (C=O) groups is 1. The van der Waals surface area contributed by atoms with Crippen LogP contribution in [-0.2, 0) is 0 Å². The minimum atomic E-state index is -0.289. The minimum Gasteiger partial charge on any atom is -0.374 e. The van der Waals surface area contributed by atoms with Crippen molar-refractivity contribution in [3.63, 3.8) is 0 Å². The molecule has 6 aromatic rings. The molecule has 4 aromatic carbocycles. The van der Waals surface area contributed by atoms with E-state index in [1.807, 2.05) is 77.7 Å². The maximum Gasteiger partial charge on any atom is 0.259 e. The number of aromatic nitrogens is 2. The number of hydrogen-bond acceptors (Lipinski definition) is 2. The van der Waals surface area contributed by atoms with Crippen LogP contribution in [0.1, 0.15) is 33.6 Å². The molecule has 0 bridgehead atoms. The molecule has 1 aliphatic rings. The Morgan fingerprint density at radius 1 is 0.639 bits per heavy atom. The number of amides is 1. The molecule has 36 heavy (non-hydrogen) atoms. The van der Waals surface area contributed by atoms with Gasteiger partial charge in [-0.3, -0.25) is 9.69 Å². The molecule has 1 aliphatic heterocycles. The standard InChI is InChI=1S/C31H24N4O/c36-31(20-10-2-1-3-11-20)35-28-17-9-8-16-27(28)34-29(23-18-32-25-14-6-4-12-21(23)25)30(35)24-19-33-26-15-7-5-13-22(24)26/h1-19,29-30,32-34H. The van der Waals surface area contributed by atoms with Crippen LogP contribution in [0.4, 0.5) is 11.4 Å². The van der Waals surface area contributed by atoms with Gasteiger partial charge in [0.15, 0.2) is 0 Å². The summed E-state index contributed by atoms with van der Waals surface area (Å²) >= 11 is 0. The lowest BCUT2D eigenvalue weighted by atomic mass is 9.88. The van der Waals surface area contributed by atoms with E-state index in [4.69, 9.17) is 0 Å². The molecular weight excluding hydrogens is 444 g/mol. The van der Waals surface area contributed by atoms with E-state index in [9.17, 15) is 4.79 Å². The van der Waals surface area contributed by atoms with Crippen LogP contribution < -0.4 is 10.2 Å². The van der Waals surface area contributed by atoms with E-state index in [0.717, 1.165) is 44.3 Å². The number of anilines is 2. The van der Waals surface area contributed by atoms with E-state index in [0.29, 0.717) is 5.56 Å². The first-order valence-corrected chi connectivity index (χ1v) is 12.2. The molecule has 3 heterocycles. The van der Waals surface area contributed by atoms with Gasteiger partial charge in [-0.2, -0.15) is 0 Å². The van der Waals surface area contributed by atoms with Gasteiger partial charge in [-0.15, -0.1) is 0 Å². The quantitative estimate of drug-likeness (QED) is 0.257. The van der Waals surface area contributed by atoms with Gasteiger partial charge in [-0.05, 0) is 36.4 Å². The summed E-state index contributed by atoms with van der Waals surface area (Å²) in [5, 5.41) is 6.06. The normalized spacial score (nSPS) is 17.2. The molecule has 1 amide bonds. The summed E-state index contributed by atoms with van der Waals surface area (Å²) in [5.41, 5.74) is 6.80. The van der Waals surface area contributed by atoms with E-state index in [-0.39, 0.29) is 18.0 Å². The highest BCUT2D eigenvalue weighted by atomic mass is 16.2. The highest BCUT2D eigenvalue weighted by Crippen LogP contribution is 2.49. The van der Waals surface area contributed by atoms with Gasteiger partial charge in [0.05, 0.1) is 23.5 Å². The molecule has 0 fully saturated rings. The number of H-pyrrole nitrogens is 2. The molecule has 2 unspecified atom stereocenters. The molecule has 0 aliphatic carbocycles. The van der Waals surface area contributed by atoms with Crippen molar-refractivity contribution < 1.29 is 4.79 Å². The Balaban J connectivity index is 1.51. The first kappa shape index (κ1) is 20.6. The molecule has 3 N–H and O–H groups in total. The van der Waals surface area contributed by atoms with Gasteiger partial charge in [0, 0.05) is 50.9 Å². The summed E-state index contributed by atoms with van der Waals surface area (Å²) in [4.78, 5) is 23.1. The molecule has 7 rings (SSSR count). The van der Waals surface area contributed by atoms with Gasteiger partial charge in [-0.1, -0.05) is 66.7 Å². The van der Waals surface area contributed by atoms with Crippen molar-refractivity contribution in [1.82, 2.24) is 9.97 Å². The second kappa shape index (κ2) is 8.17. The zero-order valence-corrected chi connectivity index (χ0v) is 19.5. The number of carbonyl (C=O) groups excluding carboxylic acids is 1. The van der Waals surface area contributed by atoms with E-state index in [2.05, 4.69) is 58.0 Å². The first-order chi connectivity index (χ1) is 17.8. The van der Waals surface area contributed by atoms with Gasteiger partial charge in [-0.25, -0.2) is 0 Å². The van der Waals surface area contributed by atoms with Crippen LogP contribution in [-0.4, -0.2) is 15.9 Å². The van der Waals surface area contributed by atoms with Crippen LogP contribution in [0.2, 0.25) is 0 Å². The zero-order chi connectivity index (χ0) is 24.1. The second-order valence-electron chi connectivity index (χ2n) is 9.20. The second-order valence-corrected chi connectivity index (χ2v) is 9.20. The average molecular weight is 469 g/mol. The average Bonchev–Trinajstić information content (AvgIpc) is 3.57. The zero-order valence-electron chi connectivity index (χ0n) is 19.5. The third-order valence-corrected chi connectivity index (χ3v) is 7.20. The third kappa shape index (κ3) is 3.13. The molecule has 2 atom stereocenters. The number of para-hydroxylation sites is 4. The lowest BCUT2D eigenvalue weighted by Crippen LogP contribution is -2.43. The molecule has 5 heteroatoms. The maximum absolute atomic E-state index is 14.3. The largest absolute Gasteiger partial charge is 0.374 e. The summed E-state index contributed by atoms with van der Waals surface area (Å²) in [6.45, 7) is 0. The molecule has 0 spiro atoms. The van der Waals surface area contributed by atoms with Crippen molar-refractivity contribution in [2.75, 3.05) is 10.2 Å². The van der Waals surface area contributed by atoms with E-state index in [1.54, 1.807) is 0 Å². The Labute approximate surface area is 208 Å². The first-order valence-electron chi connectivity index (χ1n) is 12.2. The number of nitrogens with zero attached hydrogens (tertiary/aromatic N) is 1. The fraction of sp³-hybridized carbons (Fsp3) is 0.0645. The fourth-order valence-electron chi connectivity index (χ4n) is 5.56. The highest BCUT2D eigenvalue weighted by molar-refractivity contribution is 6.09. The van der Waals surface area contributed by atoms with Crippen molar-refractivity contribution in [2.45, 2.75) is 12.1 Å². The fourth-order valence-corrected chi connectivity index (χ4v) is 5.56. The van der Waals surface area contributed by atoms with Crippen molar-refractivity contribution in [3.8, 4) is 0 Å². The lowest BCUT2D eigenvalue weighted by molar-refractivity contribution is 0.0972. The predicted octanol–water partition coefficient (Wildman–Crippen LogP) is 7.20. The minimum absolute atomic E-state index is 0.0235. The van der Waals surface area contributed by atoms with Crippen molar-refractivity contribution in [1.29, 1.82) is 0 Å². The van der Waals surface area contributed by atoms with Gasteiger partial charge in [0.25, 0.3) is 5.91 Å². The Hall–Kier alpha value is -4.77. The molecular formula is C31H24N4O. The van der Waals surface area contributed by atoms with Crippen LogP contribution >= 0.6 is 0 Å². The smallest absolute Gasteiger partial charge is 0.259 e. The lowest BCUT2D eigenvalue weighted by Gasteiger charge is -2.43. The summed E-state index contributed by atoms with van der Waals surface area (Å²) in [7, 11) is 0. The Bertz CT molecular complexity index is 1710. The Kier molecular flexibility index (Phi) is 4.67. The highest BCUT2D eigenvalue weighted by Gasteiger charge is 2.41. The number of fused-ring (bicyclic) bond motifs is 3. The molecule has 2 aromatic heterocycles. The maximum atomic E-state index is 14.3. The number of hydrogen-bond donors (Lipinski definition) is 3. The van der Waals surface area contributed by atoms with E-state index in [1.165, 1.54) is 0 Å². The van der Waals surface area contributed by atoms with E-state index < -0.39 is 0 Å². The van der Waals surface area contributed by atoms with Crippen molar-refractivity contribution >= 4 is 39.1 Å². The molecule has 5 nitrogen and oxygen atoms in total. The van der Waals surface area contributed by atoms with Crippen LogP contribution in [0.3, 0.4) is 0 Å². The summed E-state index contributed by atoms with van der Waals surface area (Å²) < 4.78 is 0. The molecule has 174 valence electrons. The van der Waals surface area contributed by atoms with Gasteiger partial charge < -0.3 is 15.3 Å². The Morgan fingerprint density at radius 3 is 1.97 bits per heavy atom. The van der Waals surface area contributed by atoms with Crippen molar-refractivity contribution in [2.24, 2.45) is 0 Å². The molecule has 0 saturated carbocycles. The number of benzene rings is 4. The van der Waals surface area contributed by atoms with Crippen molar-refractivity contribution in [3.05, 3.63) is 132 Å². The predicted molar refractivity (Wildman–Crippen MR) is 145 cm³/mol. The van der Waals surface area contributed by atoms with Crippen LogP contribution in [0.15, 0.2) is 116 Å². The van der Waals surface area contributed by atoms with E-state index >= 15 is 0 Å². The number of rotatable bonds is 3. The summed E-state index contributed by atoms with van der Waals surface area (Å²) in [6, 6.07) is 33.8. The Morgan fingerprint density at radius 2 is 1.22 bits per heavy atom. The topological polar surface area (TPSA) is 63.9 Å². The summed E-state index contributed by atoms with van der Waals surface area (Å²) in [6.07, 6.45) is 4.13.